The molecule has 1 aliphatic carbocycles. The van der Waals surface area contributed by atoms with Gasteiger partial charge in [-0.05, 0) is 62.8 Å². The Bertz CT molecular complexity index is 989. The maximum absolute atomic E-state index is 12.9. The van der Waals surface area contributed by atoms with Crippen LogP contribution in [-0.4, -0.2) is 39.0 Å². The standard InChI is InChI=1S/C21H22N4O2/c26-21(19-16-5-1-2-6-18(16)24-27-19)25-12-9-14(10-13-25)17-8-7-15-4-3-11-22-20(15)23-17/h3-4,7-8,11,14H,1-2,5-6,9-10,12-13H2. The fraction of sp³-hybridized carbons (Fsp3) is 0.429. The summed E-state index contributed by atoms with van der Waals surface area (Å²) in [5, 5.41) is 5.18. The molecule has 3 aromatic rings. The normalized spacial score (nSPS) is 17.9. The molecule has 0 aromatic carbocycles. The van der Waals surface area contributed by atoms with E-state index in [1.165, 1.54) is 0 Å². The monoisotopic (exact) mass is 362 g/mol. The van der Waals surface area contributed by atoms with E-state index in [-0.39, 0.29) is 5.91 Å². The van der Waals surface area contributed by atoms with Crippen LogP contribution in [0.15, 0.2) is 35.0 Å². The number of piperidine rings is 1. The molecule has 6 nitrogen and oxygen atoms in total. The summed E-state index contributed by atoms with van der Waals surface area (Å²) in [5.41, 5.74) is 3.88. The number of carbonyl (C=O) groups is 1. The second-order valence-corrected chi connectivity index (χ2v) is 7.50. The molecule has 138 valence electrons. The van der Waals surface area contributed by atoms with Crippen LogP contribution in [-0.2, 0) is 12.8 Å². The first-order valence-corrected chi connectivity index (χ1v) is 9.78. The number of hydrogen-bond donors (Lipinski definition) is 0. The molecule has 1 amide bonds. The van der Waals surface area contributed by atoms with Crippen LogP contribution in [0.3, 0.4) is 0 Å². The Labute approximate surface area is 157 Å². The van der Waals surface area contributed by atoms with Gasteiger partial charge in [-0.1, -0.05) is 5.16 Å². The summed E-state index contributed by atoms with van der Waals surface area (Å²) < 4.78 is 5.43. The van der Waals surface area contributed by atoms with Crippen LogP contribution in [0, 0.1) is 0 Å². The van der Waals surface area contributed by atoms with E-state index in [1.54, 1.807) is 6.20 Å². The van der Waals surface area contributed by atoms with Crippen LogP contribution < -0.4 is 0 Å². The lowest BCUT2D eigenvalue weighted by Gasteiger charge is -2.31. The van der Waals surface area contributed by atoms with Crippen molar-refractivity contribution < 1.29 is 9.32 Å². The Morgan fingerprint density at radius 1 is 1.11 bits per heavy atom. The summed E-state index contributed by atoms with van der Waals surface area (Å²) in [6.07, 6.45) is 7.67. The van der Waals surface area contributed by atoms with Crippen LogP contribution in [0.25, 0.3) is 11.0 Å². The molecular weight excluding hydrogens is 340 g/mol. The fourth-order valence-corrected chi connectivity index (χ4v) is 4.28. The van der Waals surface area contributed by atoms with Gasteiger partial charge >= 0.3 is 0 Å². The van der Waals surface area contributed by atoms with Crippen LogP contribution in [0.4, 0.5) is 0 Å². The van der Waals surface area contributed by atoms with E-state index >= 15 is 0 Å². The van der Waals surface area contributed by atoms with Gasteiger partial charge in [0, 0.05) is 41.8 Å². The molecule has 0 radical (unpaired) electrons. The van der Waals surface area contributed by atoms with Crippen molar-refractivity contribution in [2.45, 2.75) is 44.4 Å². The third-order valence-electron chi connectivity index (χ3n) is 5.84. The number of fused-ring (bicyclic) bond motifs is 2. The SMILES string of the molecule is O=C(c1onc2c1CCCC2)N1CCC(c2ccc3cccnc3n2)CC1. The smallest absolute Gasteiger partial charge is 0.292 e. The van der Waals surface area contributed by atoms with Gasteiger partial charge in [0.2, 0.25) is 5.76 Å². The molecule has 0 N–H and O–H groups in total. The quantitative estimate of drug-likeness (QED) is 0.697. The zero-order chi connectivity index (χ0) is 18.2. The van der Waals surface area contributed by atoms with Crippen LogP contribution in [0.5, 0.6) is 0 Å². The minimum atomic E-state index is -0.00256. The second kappa shape index (κ2) is 6.76. The van der Waals surface area contributed by atoms with Crippen molar-refractivity contribution in [1.29, 1.82) is 0 Å². The summed E-state index contributed by atoms with van der Waals surface area (Å²) in [6, 6.07) is 8.14. The molecule has 2 aliphatic rings. The Balaban J connectivity index is 1.29. The van der Waals surface area contributed by atoms with Crippen molar-refractivity contribution in [2.24, 2.45) is 0 Å². The topological polar surface area (TPSA) is 72.1 Å². The van der Waals surface area contributed by atoms with E-state index in [1.807, 2.05) is 17.0 Å². The van der Waals surface area contributed by atoms with Gasteiger partial charge in [0.05, 0.1) is 5.69 Å². The summed E-state index contributed by atoms with van der Waals surface area (Å²) >= 11 is 0. The van der Waals surface area contributed by atoms with Crippen molar-refractivity contribution in [2.75, 3.05) is 13.1 Å². The third kappa shape index (κ3) is 2.99. The zero-order valence-corrected chi connectivity index (χ0v) is 15.2. The predicted molar refractivity (Wildman–Crippen MR) is 101 cm³/mol. The molecule has 1 aliphatic heterocycles. The minimum absolute atomic E-state index is 0.00256. The van der Waals surface area contributed by atoms with Crippen molar-refractivity contribution in [1.82, 2.24) is 20.0 Å². The highest BCUT2D eigenvalue weighted by Gasteiger charge is 2.31. The van der Waals surface area contributed by atoms with Crippen molar-refractivity contribution >= 4 is 16.9 Å². The minimum Gasteiger partial charge on any atom is -0.350 e. The molecule has 27 heavy (non-hydrogen) atoms. The fourth-order valence-electron chi connectivity index (χ4n) is 4.28. The van der Waals surface area contributed by atoms with Gasteiger partial charge in [-0.3, -0.25) is 4.79 Å². The highest BCUT2D eigenvalue weighted by Crippen LogP contribution is 2.30. The Morgan fingerprint density at radius 2 is 1.96 bits per heavy atom. The Morgan fingerprint density at radius 3 is 2.85 bits per heavy atom. The molecule has 5 rings (SSSR count). The van der Waals surface area contributed by atoms with Gasteiger partial charge in [-0.25, -0.2) is 9.97 Å². The first-order chi connectivity index (χ1) is 13.3. The number of carbonyl (C=O) groups excluding carboxylic acids is 1. The number of likely N-dealkylation sites (tertiary alicyclic amines) is 1. The van der Waals surface area contributed by atoms with Gasteiger partial charge < -0.3 is 9.42 Å². The molecule has 1 fully saturated rings. The molecule has 0 spiro atoms. The highest BCUT2D eigenvalue weighted by atomic mass is 16.5. The summed E-state index contributed by atoms with van der Waals surface area (Å²) in [5.74, 6) is 0.831. The van der Waals surface area contributed by atoms with E-state index < -0.39 is 0 Å². The summed E-state index contributed by atoms with van der Waals surface area (Å²) in [4.78, 5) is 23.9. The van der Waals surface area contributed by atoms with E-state index in [9.17, 15) is 4.79 Å². The second-order valence-electron chi connectivity index (χ2n) is 7.50. The molecular formula is C21H22N4O2. The third-order valence-corrected chi connectivity index (χ3v) is 5.84. The zero-order valence-electron chi connectivity index (χ0n) is 15.2. The summed E-state index contributed by atoms with van der Waals surface area (Å²) in [7, 11) is 0. The lowest BCUT2D eigenvalue weighted by Crippen LogP contribution is -2.38. The van der Waals surface area contributed by atoms with Gasteiger partial charge in [0.1, 0.15) is 0 Å². The molecule has 6 heteroatoms. The lowest BCUT2D eigenvalue weighted by atomic mass is 9.92. The maximum Gasteiger partial charge on any atom is 0.292 e. The van der Waals surface area contributed by atoms with Crippen molar-refractivity contribution in [3.63, 3.8) is 0 Å². The maximum atomic E-state index is 12.9. The van der Waals surface area contributed by atoms with E-state index in [2.05, 4.69) is 22.3 Å². The largest absolute Gasteiger partial charge is 0.350 e. The van der Waals surface area contributed by atoms with E-state index in [0.717, 1.165) is 79.6 Å². The van der Waals surface area contributed by atoms with Gasteiger partial charge in [-0.15, -0.1) is 0 Å². The van der Waals surface area contributed by atoms with E-state index in [4.69, 9.17) is 9.51 Å². The first-order valence-electron chi connectivity index (χ1n) is 9.78. The average molecular weight is 362 g/mol. The van der Waals surface area contributed by atoms with Crippen molar-refractivity contribution in [3.8, 4) is 0 Å². The number of aryl methyl sites for hydroxylation is 1. The van der Waals surface area contributed by atoms with Crippen LogP contribution >= 0.6 is 0 Å². The first kappa shape index (κ1) is 16.4. The number of hydrogen-bond acceptors (Lipinski definition) is 5. The number of aromatic nitrogens is 3. The van der Waals surface area contributed by atoms with E-state index in [0.29, 0.717) is 11.7 Å². The average Bonchev–Trinajstić information content (AvgIpc) is 3.17. The number of amides is 1. The Hall–Kier alpha value is -2.76. The molecule has 3 aromatic heterocycles. The molecule has 0 bridgehead atoms. The number of pyridine rings is 2. The number of rotatable bonds is 2. The summed E-state index contributed by atoms with van der Waals surface area (Å²) in [6.45, 7) is 1.45. The van der Waals surface area contributed by atoms with Crippen molar-refractivity contribution in [3.05, 3.63) is 53.2 Å². The molecule has 4 heterocycles. The number of nitrogens with zero attached hydrogens (tertiary/aromatic N) is 4. The van der Waals surface area contributed by atoms with Crippen LogP contribution in [0.2, 0.25) is 0 Å². The lowest BCUT2D eigenvalue weighted by molar-refractivity contribution is 0.0668. The van der Waals surface area contributed by atoms with Gasteiger partial charge in [-0.2, -0.15) is 0 Å². The van der Waals surface area contributed by atoms with Gasteiger partial charge in [0.15, 0.2) is 5.65 Å². The molecule has 1 saturated heterocycles. The Kier molecular flexibility index (Phi) is 4.11. The molecule has 0 saturated carbocycles. The van der Waals surface area contributed by atoms with Gasteiger partial charge in [0.25, 0.3) is 5.91 Å². The molecule has 0 atom stereocenters. The molecule has 0 unspecified atom stereocenters. The predicted octanol–water partition coefficient (Wildman–Crippen LogP) is 3.52. The van der Waals surface area contributed by atoms with Crippen LogP contribution in [0.1, 0.15) is 59.1 Å². The highest BCUT2D eigenvalue weighted by molar-refractivity contribution is 5.93.